The van der Waals surface area contributed by atoms with Gasteiger partial charge in [-0.2, -0.15) is 0 Å². The molecule has 2 aliphatic heterocycles. The van der Waals surface area contributed by atoms with E-state index in [0.717, 1.165) is 37.9 Å². The number of likely N-dealkylation sites (tertiary alicyclic amines) is 1. The normalized spacial score (nSPS) is 21.9. The van der Waals surface area contributed by atoms with Crippen molar-refractivity contribution in [2.24, 2.45) is 0 Å². The minimum absolute atomic E-state index is 0.170. The quantitative estimate of drug-likeness (QED) is 0.737. The van der Waals surface area contributed by atoms with Crippen LogP contribution >= 0.6 is 0 Å². The lowest BCUT2D eigenvalue weighted by Gasteiger charge is -2.33. The van der Waals surface area contributed by atoms with Crippen LogP contribution in [0.5, 0.6) is 0 Å². The molecule has 7 heteroatoms. The Morgan fingerprint density at radius 3 is 2.29 bits per heavy atom. The van der Waals surface area contributed by atoms with Crippen molar-refractivity contribution in [2.75, 3.05) is 13.1 Å². The first-order chi connectivity index (χ1) is 14.3. The lowest BCUT2D eigenvalue weighted by molar-refractivity contribution is 0.00578. The van der Waals surface area contributed by atoms with Crippen LogP contribution in [0.25, 0.3) is 0 Å². The lowest BCUT2D eigenvalue weighted by atomic mass is 9.77. The Morgan fingerprint density at radius 1 is 1.16 bits per heavy atom. The number of nitrogens with zero attached hydrogens (tertiary/aromatic N) is 1. The zero-order valence-electron chi connectivity index (χ0n) is 20.5. The standard InChI is InChI=1S/C24H39BN2O4/c1-17-9-10-19(25-30-23(5,6)24(7,8)31-25)15-18(17)16-27-13-11-20(12-14-27)26-21(28)29-22(2,3)4/h9-10,15,20H,11-14,16H2,1-8H3,(H,26,28). The summed E-state index contributed by atoms with van der Waals surface area (Å²) in [5.41, 5.74) is 2.49. The summed E-state index contributed by atoms with van der Waals surface area (Å²) in [7, 11) is -0.340. The number of alkyl carbamates (subject to hydrolysis) is 1. The fourth-order valence-electron chi connectivity index (χ4n) is 3.94. The van der Waals surface area contributed by atoms with Crippen LogP contribution in [-0.2, 0) is 20.6 Å². The molecule has 0 aromatic heterocycles. The van der Waals surface area contributed by atoms with E-state index in [1.54, 1.807) is 0 Å². The molecule has 0 unspecified atom stereocenters. The molecule has 0 atom stereocenters. The van der Waals surface area contributed by atoms with Crippen LogP contribution in [0.3, 0.4) is 0 Å². The topological polar surface area (TPSA) is 60.0 Å². The Labute approximate surface area is 188 Å². The van der Waals surface area contributed by atoms with Crippen molar-refractivity contribution in [3.8, 4) is 0 Å². The van der Waals surface area contributed by atoms with Gasteiger partial charge in [0.25, 0.3) is 0 Å². The van der Waals surface area contributed by atoms with Gasteiger partial charge in [0.15, 0.2) is 0 Å². The number of amides is 1. The second-order valence-corrected chi connectivity index (χ2v) is 11.0. The van der Waals surface area contributed by atoms with Crippen LogP contribution in [-0.4, -0.2) is 54.0 Å². The highest BCUT2D eigenvalue weighted by Gasteiger charge is 2.51. The average molecular weight is 430 g/mol. The molecule has 0 aliphatic carbocycles. The van der Waals surface area contributed by atoms with Gasteiger partial charge in [0.05, 0.1) is 11.2 Å². The van der Waals surface area contributed by atoms with E-state index in [2.05, 4.69) is 63.0 Å². The summed E-state index contributed by atoms with van der Waals surface area (Å²) in [5.74, 6) is 0. The number of rotatable bonds is 4. The first kappa shape index (κ1) is 24.1. The molecule has 2 saturated heterocycles. The SMILES string of the molecule is Cc1ccc(B2OC(C)(C)C(C)(C)O2)cc1CN1CCC(NC(=O)OC(C)(C)C)CC1. The first-order valence-electron chi connectivity index (χ1n) is 11.4. The second-order valence-electron chi connectivity index (χ2n) is 11.0. The van der Waals surface area contributed by atoms with Crippen molar-refractivity contribution >= 4 is 18.7 Å². The molecule has 1 amide bonds. The average Bonchev–Trinajstić information content (AvgIpc) is 2.84. The number of nitrogens with one attached hydrogen (secondary N) is 1. The van der Waals surface area contributed by atoms with Crippen LogP contribution in [0.15, 0.2) is 18.2 Å². The predicted molar refractivity (Wildman–Crippen MR) is 125 cm³/mol. The molecule has 1 aromatic carbocycles. The number of hydrogen-bond acceptors (Lipinski definition) is 5. The molecule has 0 radical (unpaired) electrons. The largest absolute Gasteiger partial charge is 0.494 e. The first-order valence-corrected chi connectivity index (χ1v) is 11.4. The van der Waals surface area contributed by atoms with Crippen molar-refractivity contribution in [1.29, 1.82) is 0 Å². The molecule has 2 aliphatic rings. The minimum atomic E-state index is -0.468. The Kier molecular flexibility index (Phi) is 6.80. The molecule has 0 saturated carbocycles. The number of benzene rings is 1. The molecule has 2 fully saturated rings. The van der Waals surface area contributed by atoms with Crippen molar-refractivity contribution in [3.05, 3.63) is 29.3 Å². The van der Waals surface area contributed by atoms with Crippen LogP contribution in [0, 0.1) is 6.92 Å². The van der Waals surface area contributed by atoms with E-state index in [4.69, 9.17) is 14.0 Å². The third kappa shape index (κ3) is 6.02. The van der Waals surface area contributed by atoms with E-state index >= 15 is 0 Å². The monoisotopic (exact) mass is 430 g/mol. The van der Waals surface area contributed by atoms with Gasteiger partial charge in [-0.25, -0.2) is 4.79 Å². The van der Waals surface area contributed by atoms with Crippen molar-refractivity contribution in [3.63, 3.8) is 0 Å². The Morgan fingerprint density at radius 2 is 1.74 bits per heavy atom. The summed E-state index contributed by atoms with van der Waals surface area (Å²) < 4.78 is 17.8. The Hall–Kier alpha value is -1.57. The third-order valence-corrected chi connectivity index (χ3v) is 6.60. The number of hydrogen-bond donors (Lipinski definition) is 1. The van der Waals surface area contributed by atoms with Crippen molar-refractivity contribution in [2.45, 2.75) is 97.6 Å². The molecule has 1 aromatic rings. The number of carbonyl (C=O) groups excluding carboxylic acids is 1. The van der Waals surface area contributed by atoms with Gasteiger partial charge in [0.1, 0.15) is 5.60 Å². The van der Waals surface area contributed by atoms with Gasteiger partial charge >= 0.3 is 13.2 Å². The van der Waals surface area contributed by atoms with Crippen LogP contribution < -0.4 is 10.8 Å². The minimum Gasteiger partial charge on any atom is -0.444 e. The summed E-state index contributed by atoms with van der Waals surface area (Å²) in [6, 6.07) is 6.66. The zero-order valence-corrected chi connectivity index (χ0v) is 20.5. The van der Waals surface area contributed by atoms with Gasteiger partial charge in [0.2, 0.25) is 0 Å². The Balaban J connectivity index is 1.57. The maximum absolute atomic E-state index is 12.0. The zero-order chi connectivity index (χ0) is 23.0. The van der Waals surface area contributed by atoms with Gasteiger partial charge in [-0.1, -0.05) is 18.2 Å². The fourth-order valence-corrected chi connectivity index (χ4v) is 3.94. The van der Waals surface area contributed by atoms with E-state index in [-0.39, 0.29) is 30.5 Å². The third-order valence-electron chi connectivity index (χ3n) is 6.60. The maximum atomic E-state index is 12.0. The molecule has 3 rings (SSSR count). The van der Waals surface area contributed by atoms with Crippen LogP contribution in [0.2, 0.25) is 0 Å². The molecule has 2 heterocycles. The molecular weight excluding hydrogens is 391 g/mol. The molecule has 172 valence electrons. The molecule has 6 nitrogen and oxygen atoms in total. The molecule has 1 N–H and O–H groups in total. The summed E-state index contributed by atoms with van der Waals surface area (Å²) in [6.45, 7) is 18.9. The van der Waals surface area contributed by atoms with E-state index in [1.807, 2.05) is 20.8 Å². The molecular formula is C24H39BN2O4. The molecule has 0 spiro atoms. The highest BCUT2D eigenvalue weighted by Crippen LogP contribution is 2.36. The summed E-state index contributed by atoms with van der Waals surface area (Å²) in [4.78, 5) is 14.5. The summed E-state index contributed by atoms with van der Waals surface area (Å²) in [5, 5.41) is 3.01. The Bertz CT molecular complexity index is 779. The van der Waals surface area contributed by atoms with Gasteiger partial charge in [-0.05, 0) is 84.8 Å². The van der Waals surface area contributed by atoms with Crippen LogP contribution in [0.4, 0.5) is 4.79 Å². The summed E-state index contributed by atoms with van der Waals surface area (Å²) >= 11 is 0. The number of aryl methyl sites for hydroxylation is 1. The summed E-state index contributed by atoms with van der Waals surface area (Å²) in [6.07, 6.45) is 1.53. The van der Waals surface area contributed by atoms with E-state index < -0.39 is 5.60 Å². The fraction of sp³-hybridized carbons (Fsp3) is 0.708. The molecule has 0 bridgehead atoms. The van der Waals surface area contributed by atoms with E-state index in [1.165, 1.54) is 11.1 Å². The number of carbonyl (C=O) groups is 1. The van der Waals surface area contributed by atoms with E-state index in [0.29, 0.717) is 0 Å². The maximum Gasteiger partial charge on any atom is 0.494 e. The smallest absolute Gasteiger partial charge is 0.444 e. The lowest BCUT2D eigenvalue weighted by Crippen LogP contribution is -2.46. The number of piperidine rings is 1. The van der Waals surface area contributed by atoms with Gasteiger partial charge in [-0.15, -0.1) is 0 Å². The van der Waals surface area contributed by atoms with Crippen molar-refractivity contribution in [1.82, 2.24) is 10.2 Å². The second kappa shape index (κ2) is 8.76. The highest BCUT2D eigenvalue weighted by molar-refractivity contribution is 6.62. The predicted octanol–water partition coefficient (Wildman–Crippen LogP) is 3.78. The number of ether oxygens (including phenoxy) is 1. The molecule has 31 heavy (non-hydrogen) atoms. The van der Waals surface area contributed by atoms with Gasteiger partial charge in [0, 0.05) is 25.7 Å². The van der Waals surface area contributed by atoms with Crippen molar-refractivity contribution < 1.29 is 18.8 Å². The van der Waals surface area contributed by atoms with Gasteiger partial charge < -0.3 is 19.4 Å². The van der Waals surface area contributed by atoms with Gasteiger partial charge in [-0.3, -0.25) is 4.90 Å². The highest BCUT2D eigenvalue weighted by atomic mass is 16.7. The van der Waals surface area contributed by atoms with Crippen LogP contribution in [0.1, 0.15) is 72.4 Å². The van der Waals surface area contributed by atoms with E-state index in [9.17, 15) is 4.79 Å².